The smallest absolute Gasteiger partial charge is 0.321 e. The number of fused-ring (bicyclic) bond motifs is 1. The van der Waals surface area contributed by atoms with Crippen LogP contribution >= 0.6 is 11.8 Å². The number of rotatable bonds is 5. The van der Waals surface area contributed by atoms with Crippen LogP contribution in [0.1, 0.15) is 6.55 Å². The molecule has 1 amide bonds. The molecule has 0 aliphatic heterocycles. The molecule has 3 aromatic rings. The third-order valence-electron chi connectivity index (χ3n) is 3.30. The number of imidazole rings is 1. The number of carbonyl (C=O) groups excluding carboxylic acids is 1. The summed E-state index contributed by atoms with van der Waals surface area (Å²) in [5, 5.41) is 2.24. The van der Waals surface area contributed by atoms with Crippen molar-refractivity contribution in [3.8, 4) is 0 Å². The van der Waals surface area contributed by atoms with Gasteiger partial charge < -0.3 is 5.32 Å². The van der Waals surface area contributed by atoms with E-state index < -0.39 is 24.1 Å². The molecule has 1 aromatic heterocycles. The Kier molecular flexibility index (Phi) is 4.93. The zero-order valence-corrected chi connectivity index (χ0v) is 13.4. The quantitative estimate of drug-likeness (QED) is 0.534. The molecule has 1 heterocycles. The Bertz CT molecular complexity index is 929. The maximum Gasteiger partial charge on any atom is 0.321 e. The number of benzene rings is 2. The lowest BCUT2D eigenvalue weighted by atomic mass is 10.3. The second-order valence-corrected chi connectivity index (χ2v) is 5.93. The van der Waals surface area contributed by atoms with E-state index in [1.807, 2.05) is 0 Å². The predicted octanol–water partition coefficient (Wildman–Crippen LogP) is 4.44. The van der Waals surface area contributed by atoms with Crippen molar-refractivity contribution in [2.24, 2.45) is 0 Å². The first-order chi connectivity index (χ1) is 12.0. The van der Waals surface area contributed by atoms with E-state index in [1.54, 1.807) is 18.2 Å². The SMILES string of the molecule is O=C(CSc1nc2ccccc2n1C(F)F)Nc1ccc(F)cc1F. The number of anilines is 1. The molecule has 25 heavy (non-hydrogen) atoms. The van der Waals surface area contributed by atoms with Crippen LogP contribution in [-0.4, -0.2) is 21.2 Å². The van der Waals surface area contributed by atoms with Gasteiger partial charge in [-0.2, -0.15) is 8.78 Å². The standard InChI is InChI=1S/C16H11F4N3OS/c17-9-5-6-11(10(18)7-9)21-14(24)8-25-16-22-12-3-1-2-4-13(12)23(16)15(19)20/h1-7,15H,8H2,(H,21,24). The first kappa shape index (κ1) is 17.3. The number of carbonyl (C=O) groups is 1. The third kappa shape index (κ3) is 3.76. The molecule has 0 aliphatic rings. The van der Waals surface area contributed by atoms with Gasteiger partial charge in [0.2, 0.25) is 5.91 Å². The molecule has 0 unspecified atom stereocenters. The van der Waals surface area contributed by atoms with Crippen molar-refractivity contribution in [1.82, 2.24) is 9.55 Å². The molecule has 0 spiro atoms. The van der Waals surface area contributed by atoms with Crippen molar-refractivity contribution >= 4 is 34.4 Å². The van der Waals surface area contributed by atoms with E-state index in [0.717, 1.165) is 28.5 Å². The normalized spacial score (nSPS) is 11.2. The lowest BCUT2D eigenvalue weighted by Gasteiger charge is -2.08. The van der Waals surface area contributed by atoms with Crippen LogP contribution < -0.4 is 5.32 Å². The van der Waals surface area contributed by atoms with Crippen LogP contribution in [0.4, 0.5) is 23.2 Å². The van der Waals surface area contributed by atoms with Crippen molar-refractivity contribution in [3.63, 3.8) is 0 Å². The highest BCUT2D eigenvalue weighted by molar-refractivity contribution is 7.99. The van der Waals surface area contributed by atoms with Crippen LogP contribution in [0.3, 0.4) is 0 Å². The Morgan fingerprint density at radius 3 is 2.68 bits per heavy atom. The van der Waals surface area contributed by atoms with Crippen LogP contribution in [0.5, 0.6) is 0 Å². The molecule has 0 radical (unpaired) electrons. The molecule has 1 N–H and O–H groups in total. The van der Waals surface area contributed by atoms with Crippen molar-refractivity contribution in [3.05, 3.63) is 54.1 Å². The van der Waals surface area contributed by atoms with Gasteiger partial charge in [-0.05, 0) is 24.3 Å². The number of thioether (sulfide) groups is 1. The van der Waals surface area contributed by atoms with E-state index in [9.17, 15) is 22.4 Å². The summed E-state index contributed by atoms with van der Waals surface area (Å²) in [7, 11) is 0. The fourth-order valence-corrected chi connectivity index (χ4v) is 3.03. The fourth-order valence-electron chi connectivity index (χ4n) is 2.22. The molecule has 0 aliphatic carbocycles. The van der Waals surface area contributed by atoms with Crippen molar-refractivity contribution in [2.75, 3.05) is 11.1 Å². The largest absolute Gasteiger partial charge is 0.323 e. The summed E-state index contributed by atoms with van der Waals surface area (Å²) >= 11 is 0.801. The number of aromatic nitrogens is 2. The highest BCUT2D eigenvalue weighted by Crippen LogP contribution is 2.29. The van der Waals surface area contributed by atoms with Gasteiger partial charge in [0.15, 0.2) is 5.16 Å². The Labute approximate surface area is 143 Å². The Morgan fingerprint density at radius 1 is 1.20 bits per heavy atom. The summed E-state index contributed by atoms with van der Waals surface area (Å²) < 4.78 is 53.6. The molecular weight excluding hydrogens is 358 g/mol. The van der Waals surface area contributed by atoms with Gasteiger partial charge in [0.05, 0.1) is 22.5 Å². The molecule has 130 valence electrons. The molecular formula is C16H11F4N3OS. The summed E-state index contributed by atoms with van der Waals surface area (Å²) in [6.07, 6.45) is 0. The van der Waals surface area contributed by atoms with Crippen LogP contribution in [0.25, 0.3) is 11.0 Å². The molecule has 2 aromatic carbocycles. The molecule has 0 saturated carbocycles. The lowest BCUT2D eigenvalue weighted by Crippen LogP contribution is -2.15. The Hall–Kier alpha value is -2.55. The van der Waals surface area contributed by atoms with Crippen LogP contribution in [-0.2, 0) is 4.79 Å². The molecule has 0 bridgehead atoms. The average molecular weight is 369 g/mol. The van der Waals surface area contributed by atoms with E-state index in [-0.39, 0.29) is 22.1 Å². The predicted molar refractivity (Wildman–Crippen MR) is 86.7 cm³/mol. The van der Waals surface area contributed by atoms with E-state index in [2.05, 4.69) is 10.3 Å². The number of amides is 1. The summed E-state index contributed by atoms with van der Waals surface area (Å²) in [6.45, 7) is -2.81. The summed E-state index contributed by atoms with van der Waals surface area (Å²) in [5.74, 6) is -2.57. The number of nitrogens with one attached hydrogen (secondary N) is 1. The van der Waals surface area contributed by atoms with Crippen LogP contribution in [0.15, 0.2) is 47.6 Å². The van der Waals surface area contributed by atoms with E-state index in [4.69, 9.17) is 0 Å². The van der Waals surface area contributed by atoms with Crippen LogP contribution in [0, 0.1) is 11.6 Å². The molecule has 9 heteroatoms. The van der Waals surface area contributed by atoms with Crippen LogP contribution in [0.2, 0.25) is 0 Å². The van der Waals surface area contributed by atoms with Crippen molar-refractivity contribution in [1.29, 1.82) is 0 Å². The minimum absolute atomic E-state index is 0.0223. The Morgan fingerprint density at radius 2 is 1.96 bits per heavy atom. The van der Waals surface area contributed by atoms with Gasteiger partial charge in [-0.3, -0.25) is 9.36 Å². The molecule has 3 rings (SSSR count). The first-order valence-corrected chi connectivity index (χ1v) is 8.07. The average Bonchev–Trinajstić information content (AvgIpc) is 2.94. The van der Waals surface area contributed by atoms with Gasteiger partial charge >= 0.3 is 6.55 Å². The monoisotopic (exact) mass is 369 g/mol. The lowest BCUT2D eigenvalue weighted by molar-refractivity contribution is -0.113. The highest BCUT2D eigenvalue weighted by atomic mass is 32.2. The topological polar surface area (TPSA) is 46.9 Å². The van der Waals surface area contributed by atoms with E-state index in [0.29, 0.717) is 11.6 Å². The van der Waals surface area contributed by atoms with Gasteiger partial charge in [0, 0.05) is 6.07 Å². The maximum atomic E-state index is 13.5. The Balaban J connectivity index is 1.74. The minimum Gasteiger partial charge on any atom is -0.323 e. The second-order valence-electron chi connectivity index (χ2n) is 4.99. The number of para-hydroxylation sites is 2. The number of halogens is 4. The molecule has 4 nitrogen and oxygen atoms in total. The van der Waals surface area contributed by atoms with Gasteiger partial charge in [-0.25, -0.2) is 13.8 Å². The zero-order chi connectivity index (χ0) is 18.0. The summed E-state index contributed by atoms with van der Waals surface area (Å²) in [6, 6.07) is 9.10. The van der Waals surface area contributed by atoms with Gasteiger partial charge in [0.1, 0.15) is 11.6 Å². The van der Waals surface area contributed by atoms with E-state index in [1.165, 1.54) is 6.07 Å². The molecule has 0 saturated heterocycles. The zero-order valence-electron chi connectivity index (χ0n) is 12.5. The first-order valence-electron chi connectivity index (χ1n) is 7.08. The van der Waals surface area contributed by atoms with Crippen molar-refractivity contribution in [2.45, 2.75) is 11.7 Å². The minimum atomic E-state index is -2.81. The van der Waals surface area contributed by atoms with Gasteiger partial charge in [-0.15, -0.1) is 0 Å². The molecule has 0 atom stereocenters. The summed E-state index contributed by atoms with van der Waals surface area (Å²) in [5.41, 5.74) is 0.453. The third-order valence-corrected chi connectivity index (χ3v) is 4.25. The van der Waals surface area contributed by atoms with Crippen molar-refractivity contribution < 1.29 is 22.4 Å². The number of hydrogen-bond acceptors (Lipinski definition) is 3. The van der Waals surface area contributed by atoms with Gasteiger partial charge in [0.25, 0.3) is 0 Å². The second kappa shape index (κ2) is 7.14. The summed E-state index contributed by atoms with van der Waals surface area (Å²) in [4.78, 5) is 16.0. The number of nitrogens with zero attached hydrogens (tertiary/aromatic N) is 2. The number of hydrogen-bond donors (Lipinski definition) is 1. The van der Waals surface area contributed by atoms with Gasteiger partial charge in [-0.1, -0.05) is 23.9 Å². The maximum absolute atomic E-state index is 13.5. The molecule has 0 fully saturated rings. The fraction of sp³-hybridized carbons (Fsp3) is 0.125. The van der Waals surface area contributed by atoms with E-state index >= 15 is 0 Å². The number of alkyl halides is 2. The highest BCUT2D eigenvalue weighted by Gasteiger charge is 2.19.